The van der Waals surface area contributed by atoms with Crippen LogP contribution in [0.2, 0.25) is 5.02 Å². The lowest BCUT2D eigenvalue weighted by Gasteiger charge is -2.30. The van der Waals surface area contributed by atoms with Crippen molar-refractivity contribution in [2.75, 3.05) is 6.61 Å². The monoisotopic (exact) mass is 333 g/mol. The molecule has 1 aliphatic heterocycles. The highest BCUT2D eigenvalue weighted by atomic mass is 35.5. The maximum Gasteiger partial charge on any atom is 0.250 e. The summed E-state index contributed by atoms with van der Waals surface area (Å²) in [4.78, 5) is 12.2. The van der Waals surface area contributed by atoms with Gasteiger partial charge in [0.15, 0.2) is 0 Å². The molecule has 0 radical (unpaired) electrons. The summed E-state index contributed by atoms with van der Waals surface area (Å²) >= 11 is 5.86. The Kier molecular flexibility index (Phi) is 4.64. The lowest BCUT2D eigenvalue weighted by Crippen LogP contribution is -2.47. The van der Waals surface area contributed by atoms with Gasteiger partial charge in [-0.25, -0.2) is 4.39 Å². The van der Waals surface area contributed by atoms with Crippen molar-refractivity contribution >= 4 is 17.5 Å². The summed E-state index contributed by atoms with van der Waals surface area (Å²) in [6.45, 7) is 2.18. The number of ether oxygens (including phenoxy) is 1. The van der Waals surface area contributed by atoms with Gasteiger partial charge in [-0.15, -0.1) is 0 Å². The van der Waals surface area contributed by atoms with E-state index in [2.05, 4.69) is 5.32 Å². The van der Waals surface area contributed by atoms with Crippen molar-refractivity contribution in [3.8, 4) is 0 Å². The lowest BCUT2D eigenvalue weighted by atomic mass is 10.0. The molecule has 1 unspecified atom stereocenters. The Labute approximate surface area is 139 Å². The van der Waals surface area contributed by atoms with E-state index in [0.717, 1.165) is 11.1 Å². The summed E-state index contributed by atoms with van der Waals surface area (Å²) in [5.74, 6) is -0.530. The lowest BCUT2D eigenvalue weighted by molar-refractivity contribution is -0.140. The van der Waals surface area contributed by atoms with Gasteiger partial charge in [-0.1, -0.05) is 35.9 Å². The predicted octanol–water partition coefficient (Wildman–Crippen LogP) is 3.59. The molecule has 0 saturated carbocycles. The molecule has 120 valence electrons. The SMILES string of the molecule is Cc1ccc(CC2OC[C@H](c3ccc(Cl)cc3)NC2=O)c(F)c1. The molecule has 1 aliphatic rings. The minimum Gasteiger partial charge on any atom is -0.366 e. The number of hydrogen-bond acceptors (Lipinski definition) is 2. The van der Waals surface area contributed by atoms with Gasteiger partial charge in [0, 0.05) is 11.4 Å². The Morgan fingerprint density at radius 3 is 2.65 bits per heavy atom. The van der Waals surface area contributed by atoms with Gasteiger partial charge in [0.1, 0.15) is 11.9 Å². The van der Waals surface area contributed by atoms with E-state index in [1.54, 1.807) is 18.2 Å². The number of benzene rings is 2. The quantitative estimate of drug-likeness (QED) is 0.932. The van der Waals surface area contributed by atoms with Crippen molar-refractivity contribution in [1.82, 2.24) is 5.32 Å². The van der Waals surface area contributed by atoms with Crippen LogP contribution in [0.5, 0.6) is 0 Å². The molecule has 0 aromatic heterocycles. The molecule has 23 heavy (non-hydrogen) atoms. The van der Waals surface area contributed by atoms with E-state index >= 15 is 0 Å². The molecule has 3 rings (SSSR count). The van der Waals surface area contributed by atoms with Gasteiger partial charge in [-0.2, -0.15) is 0 Å². The number of carbonyl (C=O) groups excluding carboxylic acids is 1. The van der Waals surface area contributed by atoms with Crippen LogP contribution >= 0.6 is 11.6 Å². The first-order valence-electron chi connectivity index (χ1n) is 7.45. The summed E-state index contributed by atoms with van der Waals surface area (Å²) < 4.78 is 19.6. The smallest absolute Gasteiger partial charge is 0.250 e. The third kappa shape index (κ3) is 3.71. The van der Waals surface area contributed by atoms with Gasteiger partial charge in [-0.3, -0.25) is 4.79 Å². The molecule has 1 heterocycles. The van der Waals surface area contributed by atoms with Gasteiger partial charge in [-0.05, 0) is 41.8 Å². The van der Waals surface area contributed by atoms with Crippen LogP contribution in [0.4, 0.5) is 4.39 Å². The van der Waals surface area contributed by atoms with Gasteiger partial charge in [0.2, 0.25) is 5.91 Å². The van der Waals surface area contributed by atoms with Crippen LogP contribution in [0.3, 0.4) is 0 Å². The molecule has 5 heteroatoms. The topological polar surface area (TPSA) is 38.3 Å². The molecule has 3 nitrogen and oxygen atoms in total. The van der Waals surface area contributed by atoms with Crippen molar-refractivity contribution in [1.29, 1.82) is 0 Å². The van der Waals surface area contributed by atoms with Crippen molar-refractivity contribution in [3.63, 3.8) is 0 Å². The first-order valence-corrected chi connectivity index (χ1v) is 7.83. The summed E-state index contributed by atoms with van der Waals surface area (Å²) in [6, 6.07) is 12.1. The third-order valence-electron chi connectivity index (χ3n) is 3.96. The van der Waals surface area contributed by atoms with Crippen molar-refractivity contribution in [2.24, 2.45) is 0 Å². The Bertz CT molecular complexity index is 717. The number of amides is 1. The van der Waals surface area contributed by atoms with Crippen LogP contribution in [0, 0.1) is 12.7 Å². The van der Waals surface area contributed by atoms with Crippen LogP contribution in [0.25, 0.3) is 0 Å². The summed E-state index contributed by atoms with van der Waals surface area (Å²) in [5, 5.41) is 3.57. The second-order valence-corrected chi connectivity index (χ2v) is 6.17. The molecule has 0 bridgehead atoms. The van der Waals surface area contributed by atoms with Crippen LogP contribution in [-0.4, -0.2) is 18.6 Å². The molecule has 1 saturated heterocycles. The minimum absolute atomic E-state index is 0.209. The first kappa shape index (κ1) is 16.0. The average molecular weight is 334 g/mol. The second-order valence-electron chi connectivity index (χ2n) is 5.73. The number of carbonyl (C=O) groups is 1. The van der Waals surface area contributed by atoms with E-state index in [4.69, 9.17) is 16.3 Å². The van der Waals surface area contributed by atoms with Gasteiger partial charge < -0.3 is 10.1 Å². The molecule has 1 amide bonds. The number of halogens is 2. The molecule has 2 atom stereocenters. The second kappa shape index (κ2) is 6.69. The fraction of sp³-hybridized carbons (Fsp3) is 0.278. The fourth-order valence-corrected chi connectivity index (χ4v) is 2.76. The van der Waals surface area contributed by atoms with Gasteiger partial charge in [0.25, 0.3) is 0 Å². The average Bonchev–Trinajstić information content (AvgIpc) is 2.52. The number of aryl methyl sites for hydroxylation is 1. The molecule has 2 aromatic rings. The van der Waals surface area contributed by atoms with Crippen LogP contribution < -0.4 is 5.32 Å². The molecule has 2 aromatic carbocycles. The van der Waals surface area contributed by atoms with E-state index in [1.807, 2.05) is 25.1 Å². The van der Waals surface area contributed by atoms with E-state index in [-0.39, 0.29) is 24.2 Å². The summed E-state index contributed by atoms with van der Waals surface area (Å²) in [6.07, 6.45) is -0.443. The number of rotatable bonds is 3. The first-order chi connectivity index (χ1) is 11.0. The Balaban J connectivity index is 1.67. The predicted molar refractivity (Wildman–Crippen MR) is 86.9 cm³/mol. The van der Waals surface area contributed by atoms with Crippen molar-refractivity contribution < 1.29 is 13.9 Å². The standard InChI is InChI=1S/C18H17ClFNO2/c1-11-2-3-13(15(20)8-11)9-17-18(22)21-16(10-23-17)12-4-6-14(19)7-5-12/h2-8,16-17H,9-10H2,1H3,(H,21,22)/t16-,17?/m1/s1. The Hall–Kier alpha value is -1.91. The van der Waals surface area contributed by atoms with Crippen molar-refractivity contribution in [3.05, 3.63) is 70.0 Å². The zero-order chi connectivity index (χ0) is 16.4. The summed E-state index contributed by atoms with van der Waals surface area (Å²) in [7, 11) is 0. The molecule has 0 spiro atoms. The molecule has 1 fully saturated rings. The van der Waals surface area contributed by atoms with Crippen LogP contribution in [0.1, 0.15) is 22.7 Å². The minimum atomic E-state index is -0.671. The molecular formula is C18H17ClFNO2. The Morgan fingerprint density at radius 2 is 2.00 bits per heavy atom. The zero-order valence-electron chi connectivity index (χ0n) is 12.7. The fourth-order valence-electron chi connectivity index (χ4n) is 2.64. The largest absolute Gasteiger partial charge is 0.366 e. The normalized spacial score (nSPS) is 21.1. The van der Waals surface area contributed by atoms with E-state index in [0.29, 0.717) is 17.2 Å². The number of morpholine rings is 1. The molecule has 1 N–H and O–H groups in total. The number of hydrogen-bond donors (Lipinski definition) is 1. The van der Waals surface area contributed by atoms with E-state index in [9.17, 15) is 9.18 Å². The molecule has 0 aliphatic carbocycles. The van der Waals surface area contributed by atoms with E-state index < -0.39 is 6.10 Å². The highest BCUT2D eigenvalue weighted by Gasteiger charge is 2.30. The zero-order valence-corrected chi connectivity index (χ0v) is 13.4. The summed E-state index contributed by atoms with van der Waals surface area (Å²) in [5.41, 5.74) is 2.27. The number of nitrogens with one attached hydrogen (secondary N) is 1. The van der Waals surface area contributed by atoms with E-state index in [1.165, 1.54) is 6.07 Å². The van der Waals surface area contributed by atoms with Gasteiger partial charge in [0.05, 0.1) is 12.6 Å². The van der Waals surface area contributed by atoms with Crippen LogP contribution in [0.15, 0.2) is 42.5 Å². The molecular weight excluding hydrogens is 317 g/mol. The van der Waals surface area contributed by atoms with Crippen molar-refractivity contribution in [2.45, 2.75) is 25.5 Å². The Morgan fingerprint density at radius 1 is 1.26 bits per heavy atom. The van der Waals surface area contributed by atoms with Gasteiger partial charge >= 0.3 is 0 Å². The maximum atomic E-state index is 13.9. The van der Waals surface area contributed by atoms with Crippen LogP contribution in [-0.2, 0) is 16.0 Å². The third-order valence-corrected chi connectivity index (χ3v) is 4.21. The highest BCUT2D eigenvalue weighted by Crippen LogP contribution is 2.22. The highest BCUT2D eigenvalue weighted by molar-refractivity contribution is 6.30. The maximum absolute atomic E-state index is 13.9.